The normalized spacial score (nSPS) is 16.1. The van der Waals surface area contributed by atoms with Gasteiger partial charge >= 0.3 is 0 Å². The van der Waals surface area contributed by atoms with Gasteiger partial charge in [0.2, 0.25) is 0 Å². The predicted molar refractivity (Wildman–Crippen MR) is 108 cm³/mol. The Morgan fingerprint density at radius 2 is 2.16 bits per heavy atom. The maximum Gasteiger partial charge on any atom is 0.0486 e. The number of aromatic nitrogens is 1. The second-order valence-corrected chi connectivity index (χ2v) is 7.29. The van der Waals surface area contributed by atoms with Crippen LogP contribution in [-0.2, 0) is 19.5 Å². The number of allylic oxidation sites excluding steroid dienone is 2. The maximum absolute atomic E-state index is 4.52. The zero-order chi connectivity index (χ0) is 17.8. The van der Waals surface area contributed by atoms with E-state index >= 15 is 0 Å². The lowest BCUT2D eigenvalue weighted by Gasteiger charge is -2.24. The SMILES string of the molecule is CC/C=C(/C)N=CCCCn1c2c(c3cc(C)ccc31)CN(C)CC2. The van der Waals surface area contributed by atoms with Gasteiger partial charge in [-0.15, -0.1) is 0 Å². The van der Waals surface area contributed by atoms with Crippen LogP contribution in [0.2, 0.25) is 0 Å². The van der Waals surface area contributed by atoms with Crippen LogP contribution in [0.15, 0.2) is 35.0 Å². The average molecular weight is 338 g/mol. The van der Waals surface area contributed by atoms with Crippen molar-refractivity contribution in [2.45, 2.75) is 59.5 Å². The summed E-state index contributed by atoms with van der Waals surface area (Å²) in [5.41, 5.74) is 6.99. The number of aryl methyl sites for hydroxylation is 2. The minimum atomic E-state index is 1.04. The van der Waals surface area contributed by atoms with E-state index in [-0.39, 0.29) is 0 Å². The minimum absolute atomic E-state index is 1.04. The maximum atomic E-state index is 4.52. The van der Waals surface area contributed by atoms with Gasteiger partial charge in [0.15, 0.2) is 0 Å². The van der Waals surface area contributed by atoms with Crippen molar-refractivity contribution in [3.8, 4) is 0 Å². The summed E-state index contributed by atoms with van der Waals surface area (Å²) in [5, 5.41) is 1.46. The van der Waals surface area contributed by atoms with E-state index in [0.717, 1.165) is 51.0 Å². The molecular formula is C22H31N3. The smallest absolute Gasteiger partial charge is 0.0486 e. The Bertz CT molecular complexity index is 795. The van der Waals surface area contributed by atoms with Crippen LogP contribution in [0.4, 0.5) is 0 Å². The number of hydrogen-bond donors (Lipinski definition) is 0. The number of fused-ring (bicyclic) bond motifs is 3. The molecular weight excluding hydrogens is 306 g/mol. The lowest BCUT2D eigenvalue weighted by Crippen LogP contribution is -2.27. The Hall–Kier alpha value is -1.87. The van der Waals surface area contributed by atoms with Crippen LogP contribution in [0.5, 0.6) is 0 Å². The van der Waals surface area contributed by atoms with Crippen LogP contribution >= 0.6 is 0 Å². The predicted octanol–water partition coefficient (Wildman–Crippen LogP) is 5.10. The first-order chi connectivity index (χ1) is 12.1. The largest absolute Gasteiger partial charge is 0.344 e. The summed E-state index contributed by atoms with van der Waals surface area (Å²) in [6.07, 6.45) is 8.64. The topological polar surface area (TPSA) is 20.5 Å². The Morgan fingerprint density at radius 1 is 1.32 bits per heavy atom. The first kappa shape index (κ1) is 17.9. The number of hydrogen-bond acceptors (Lipinski definition) is 2. The fraction of sp³-hybridized carbons (Fsp3) is 0.500. The van der Waals surface area contributed by atoms with Crippen LogP contribution in [0, 0.1) is 6.92 Å². The molecule has 0 saturated heterocycles. The van der Waals surface area contributed by atoms with Crippen molar-refractivity contribution < 1.29 is 0 Å². The lowest BCUT2D eigenvalue weighted by molar-refractivity contribution is 0.309. The number of benzene rings is 1. The van der Waals surface area contributed by atoms with Gasteiger partial charge in [-0.1, -0.05) is 24.6 Å². The van der Waals surface area contributed by atoms with Gasteiger partial charge in [0, 0.05) is 54.6 Å². The molecule has 3 rings (SSSR count). The molecule has 0 amide bonds. The van der Waals surface area contributed by atoms with E-state index < -0.39 is 0 Å². The molecule has 0 N–H and O–H groups in total. The van der Waals surface area contributed by atoms with Crippen LogP contribution in [0.3, 0.4) is 0 Å². The first-order valence-corrected chi connectivity index (χ1v) is 9.58. The van der Waals surface area contributed by atoms with Gasteiger partial charge in [0.1, 0.15) is 0 Å². The molecule has 2 heterocycles. The molecule has 1 aliphatic heterocycles. The van der Waals surface area contributed by atoms with Crippen LogP contribution in [0.25, 0.3) is 10.9 Å². The van der Waals surface area contributed by atoms with Gasteiger partial charge in [0.05, 0.1) is 0 Å². The summed E-state index contributed by atoms with van der Waals surface area (Å²) in [6, 6.07) is 6.92. The van der Waals surface area contributed by atoms with Crippen molar-refractivity contribution >= 4 is 17.1 Å². The van der Waals surface area contributed by atoms with Crippen molar-refractivity contribution in [2.75, 3.05) is 13.6 Å². The van der Waals surface area contributed by atoms with Gasteiger partial charge < -0.3 is 9.47 Å². The van der Waals surface area contributed by atoms with E-state index in [1.165, 1.54) is 16.5 Å². The lowest BCUT2D eigenvalue weighted by atomic mass is 10.0. The molecule has 1 aromatic carbocycles. The van der Waals surface area contributed by atoms with E-state index in [9.17, 15) is 0 Å². The summed E-state index contributed by atoms with van der Waals surface area (Å²) in [5.74, 6) is 0. The van der Waals surface area contributed by atoms with E-state index in [1.54, 1.807) is 11.3 Å². The fourth-order valence-electron chi connectivity index (χ4n) is 3.85. The molecule has 1 aromatic heterocycles. The van der Waals surface area contributed by atoms with E-state index in [1.807, 2.05) is 0 Å². The molecule has 3 heteroatoms. The van der Waals surface area contributed by atoms with Gasteiger partial charge in [-0.2, -0.15) is 0 Å². The molecule has 1 aliphatic rings. The molecule has 2 aromatic rings. The molecule has 0 atom stereocenters. The number of nitrogens with zero attached hydrogens (tertiary/aromatic N) is 3. The molecule has 0 unspecified atom stereocenters. The summed E-state index contributed by atoms with van der Waals surface area (Å²) in [7, 11) is 2.23. The fourth-order valence-corrected chi connectivity index (χ4v) is 3.85. The Labute approximate surface area is 152 Å². The van der Waals surface area contributed by atoms with Gasteiger partial charge in [-0.3, -0.25) is 4.99 Å². The van der Waals surface area contributed by atoms with Gasteiger partial charge in [-0.25, -0.2) is 0 Å². The second kappa shape index (κ2) is 8.01. The van der Waals surface area contributed by atoms with Crippen molar-refractivity contribution in [3.05, 3.63) is 46.8 Å². The van der Waals surface area contributed by atoms with Gasteiger partial charge in [0.25, 0.3) is 0 Å². The van der Waals surface area contributed by atoms with Crippen molar-refractivity contribution in [2.24, 2.45) is 4.99 Å². The van der Waals surface area contributed by atoms with E-state index in [4.69, 9.17) is 0 Å². The van der Waals surface area contributed by atoms with E-state index in [2.05, 4.69) is 72.8 Å². The monoisotopic (exact) mass is 337 g/mol. The van der Waals surface area contributed by atoms with Crippen LogP contribution in [0.1, 0.15) is 49.9 Å². The summed E-state index contributed by atoms with van der Waals surface area (Å²) < 4.78 is 2.57. The molecule has 0 spiro atoms. The third-order valence-corrected chi connectivity index (χ3v) is 5.11. The van der Waals surface area contributed by atoms with Crippen LogP contribution in [-0.4, -0.2) is 29.3 Å². The minimum Gasteiger partial charge on any atom is -0.344 e. The number of likely N-dealkylation sites (N-methyl/N-ethyl adjacent to an activating group) is 1. The third kappa shape index (κ3) is 4.04. The van der Waals surface area contributed by atoms with Crippen molar-refractivity contribution in [3.63, 3.8) is 0 Å². The standard InChI is InChI=1S/C22H31N3/c1-5-8-18(3)23-12-6-7-13-25-21-10-9-17(2)15-19(21)20-16-24(4)14-11-22(20)25/h8-10,12,15H,5-7,11,13-14,16H2,1-4H3/b18-8-,23-12?. The third-order valence-electron chi connectivity index (χ3n) is 5.11. The molecule has 134 valence electrons. The molecule has 0 aliphatic carbocycles. The second-order valence-electron chi connectivity index (χ2n) is 7.29. The Morgan fingerprint density at radius 3 is 2.96 bits per heavy atom. The summed E-state index contributed by atoms with van der Waals surface area (Å²) in [4.78, 5) is 6.96. The van der Waals surface area contributed by atoms with Crippen molar-refractivity contribution in [1.82, 2.24) is 9.47 Å². The highest BCUT2D eigenvalue weighted by atomic mass is 15.1. The summed E-state index contributed by atoms with van der Waals surface area (Å²) in [6.45, 7) is 9.74. The van der Waals surface area contributed by atoms with Gasteiger partial charge in [-0.05, 0) is 57.9 Å². The molecule has 25 heavy (non-hydrogen) atoms. The van der Waals surface area contributed by atoms with Crippen LogP contribution < -0.4 is 0 Å². The average Bonchev–Trinajstić information content (AvgIpc) is 2.87. The molecule has 0 saturated carbocycles. The first-order valence-electron chi connectivity index (χ1n) is 9.58. The molecule has 0 bridgehead atoms. The zero-order valence-corrected chi connectivity index (χ0v) is 16.2. The molecule has 0 fully saturated rings. The quantitative estimate of drug-likeness (QED) is 0.530. The number of rotatable bonds is 6. The Balaban J connectivity index is 1.78. The van der Waals surface area contributed by atoms with Crippen molar-refractivity contribution in [1.29, 1.82) is 0 Å². The zero-order valence-electron chi connectivity index (χ0n) is 16.2. The highest BCUT2D eigenvalue weighted by molar-refractivity contribution is 5.86. The highest BCUT2D eigenvalue weighted by Crippen LogP contribution is 2.31. The Kier molecular flexibility index (Phi) is 5.74. The number of unbranched alkanes of at least 4 members (excludes halogenated alkanes) is 1. The molecule has 3 nitrogen and oxygen atoms in total. The molecule has 0 radical (unpaired) electrons. The van der Waals surface area contributed by atoms with E-state index in [0.29, 0.717) is 0 Å². The summed E-state index contributed by atoms with van der Waals surface area (Å²) >= 11 is 0. The highest BCUT2D eigenvalue weighted by Gasteiger charge is 2.21. The number of aliphatic imine (C=N–C) groups is 1.